The van der Waals surface area contributed by atoms with Gasteiger partial charge in [-0.3, -0.25) is 9.59 Å². The Labute approximate surface area is 162 Å². The minimum atomic E-state index is -0.843. The number of ether oxygens (including phenoxy) is 1. The van der Waals surface area contributed by atoms with Crippen molar-refractivity contribution in [3.63, 3.8) is 0 Å². The van der Waals surface area contributed by atoms with Crippen LogP contribution in [0.2, 0.25) is 0 Å². The first-order chi connectivity index (χ1) is 13.0. The topological polar surface area (TPSA) is 72.6 Å². The fraction of sp³-hybridized carbons (Fsp3) is 0.333. The Morgan fingerprint density at radius 3 is 2.67 bits per heavy atom. The van der Waals surface area contributed by atoms with Crippen LogP contribution in [0.25, 0.3) is 0 Å². The van der Waals surface area contributed by atoms with Crippen molar-refractivity contribution >= 4 is 23.6 Å². The van der Waals surface area contributed by atoms with E-state index in [0.29, 0.717) is 18.7 Å². The fourth-order valence-electron chi connectivity index (χ4n) is 4.15. The van der Waals surface area contributed by atoms with Crippen molar-refractivity contribution in [1.82, 2.24) is 4.90 Å². The number of nitrogens with two attached hydrogens (primary N) is 1. The van der Waals surface area contributed by atoms with Crippen molar-refractivity contribution in [2.24, 2.45) is 11.7 Å². The number of piperidine rings is 1. The second-order valence-electron chi connectivity index (χ2n) is 7.16. The summed E-state index contributed by atoms with van der Waals surface area (Å²) in [6.07, 6.45) is 0.569. The van der Waals surface area contributed by atoms with Crippen LogP contribution < -0.4 is 10.5 Å². The number of thioether (sulfide) groups is 1. The highest BCUT2D eigenvalue weighted by Crippen LogP contribution is 2.50. The van der Waals surface area contributed by atoms with Crippen molar-refractivity contribution in [2.45, 2.75) is 29.9 Å². The molecule has 6 heteroatoms. The molecule has 2 aliphatic heterocycles. The Morgan fingerprint density at radius 2 is 1.93 bits per heavy atom. The lowest BCUT2D eigenvalue weighted by Gasteiger charge is -2.52. The summed E-state index contributed by atoms with van der Waals surface area (Å²) < 4.78 is 6.25. The van der Waals surface area contributed by atoms with Gasteiger partial charge in [0.25, 0.3) is 0 Å². The molecule has 1 fully saturated rings. The standard InChI is InChI=1S/C21H22N2O3S/c1-21-13-16(15-9-5-6-10-17(15)26-21)18(19(22)24)20(25)23(21)11-12-27-14-7-3-2-4-8-14/h2-10,16,18H,11-13H2,1H3,(H2,22,24). The van der Waals surface area contributed by atoms with Gasteiger partial charge in [-0.05, 0) is 30.7 Å². The van der Waals surface area contributed by atoms with E-state index in [1.165, 1.54) is 0 Å². The molecular formula is C21H22N2O3S. The highest BCUT2D eigenvalue weighted by molar-refractivity contribution is 7.99. The van der Waals surface area contributed by atoms with Gasteiger partial charge in [-0.25, -0.2) is 0 Å². The van der Waals surface area contributed by atoms with E-state index in [-0.39, 0.29) is 11.8 Å². The summed E-state index contributed by atoms with van der Waals surface area (Å²) in [5.74, 6) is -0.426. The molecule has 2 N–H and O–H groups in total. The quantitative estimate of drug-likeness (QED) is 0.637. The minimum Gasteiger partial charge on any atom is -0.468 e. The number of hydrogen-bond donors (Lipinski definition) is 1. The number of amides is 2. The highest BCUT2D eigenvalue weighted by Gasteiger charge is 2.55. The Morgan fingerprint density at radius 1 is 1.22 bits per heavy atom. The zero-order valence-corrected chi connectivity index (χ0v) is 15.9. The van der Waals surface area contributed by atoms with Gasteiger partial charge in [0.2, 0.25) is 11.8 Å². The van der Waals surface area contributed by atoms with E-state index in [9.17, 15) is 9.59 Å². The minimum absolute atomic E-state index is 0.232. The van der Waals surface area contributed by atoms with Crippen LogP contribution in [0.15, 0.2) is 59.5 Å². The summed E-state index contributed by atoms with van der Waals surface area (Å²) in [7, 11) is 0. The zero-order valence-electron chi connectivity index (χ0n) is 15.1. The number of hydrogen-bond acceptors (Lipinski definition) is 4. The Kier molecular flexibility index (Phi) is 4.60. The lowest BCUT2D eigenvalue weighted by atomic mass is 9.73. The van der Waals surface area contributed by atoms with E-state index in [1.54, 1.807) is 16.7 Å². The normalized spacial score (nSPS) is 26.3. The van der Waals surface area contributed by atoms with Crippen LogP contribution in [0, 0.1) is 5.92 Å². The maximum absolute atomic E-state index is 13.2. The Hall–Kier alpha value is -2.47. The van der Waals surface area contributed by atoms with Crippen LogP contribution in [-0.4, -0.2) is 34.7 Å². The number of nitrogens with zero attached hydrogens (tertiary/aromatic N) is 1. The van der Waals surface area contributed by atoms with E-state index in [1.807, 2.05) is 61.5 Å². The SMILES string of the molecule is CC12CC(c3ccccc3O1)C(C(N)=O)C(=O)N2CCSc1ccccc1. The van der Waals surface area contributed by atoms with Crippen molar-refractivity contribution < 1.29 is 14.3 Å². The highest BCUT2D eigenvalue weighted by atomic mass is 32.2. The van der Waals surface area contributed by atoms with E-state index < -0.39 is 17.6 Å². The molecule has 0 aromatic heterocycles. The molecule has 2 bridgehead atoms. The van der Waals surface area contributed by atoms with Gasteiger partial charge in [-0.1, -0.05) is 36.4 Å². The monoisotopic (exact) mass is 382 g/mol. The van der Waals surface area contributed by atoms with Gasteiger partial charge in [-0.2, -0.15) is 0 Å². The number of primary amides is 1. The number of rotatable bonds is 5. The largest absolute Gasteiger partial charge is 0.468 e. The smallest absolute Gasteiger partial charge is 0.238 e. The Bertz CT molecular complexity index is 873. The zero-order chi connectivity index (χ0) is 19.0. The molecule has 5 nitrogen and oxygen atoms in total. The Balaban J connectivity index is 1.60. The summed E-state index contributed by atoms with van der Waals surface area (Å²) in [5.41, 5.74) is 5.77. The summed E-state index contributed by atoms with van der Waals surface area (Å²) >= 11 is 1.68. The van der Waals surface area contributed by atoms with Crippen molar-refractivity contribution in [3.05, 3.63) is 60.2 Å². The van der Waals surface area contributed by atoms with Gasteiger partial charge >= 0.3 is 0 Å². The molecular weight excluding hydrogens is 360 g/mol. The first-order valence-electron chi connectivity index (χ1n) is 9.06. The van der Waals surface area contributed by atoms with Crippen molar-refractivity contribution in [1.29, 1.82) is 0 Å². The summed E-state index contributed by atoms with van der Waals surface area (Å²) in [4.78, 5) is 28.2. The molecule has 2 amide bonds. The molecule has 2 heterocycles. The average molecular weight is 382 g/mol. The molecule has 2 aromatic rings. The number of likely N-dealkylation sites (tertiary alicyclic amines) is 1. The maximum atomic E-state index is 13.2. The van der Waals surface area contributed by atoms with Gasteiger partial charge in [0.15, 0.2) is 5.72 Å². The summed E-state index contributed by atoms with van der Waals surface area (Å²) in [6.45, 7) is 2.42. The molecule has 2 aromatic carbocycles. The molecule has 1 saturated heterocycles. The second kappa shape index (κ2) is 6.93. The van der Waals surface area contributed by atoms with Crippen LogP contribution >= 0.6 is 11.8 Å². The molecule has 0 saturated carbocycles. The van der Waals surface area contributed by atoms with Crippen LogP contribution in [0.3, 0.4) is 0 Å². The molecule has 0 spiro atoms. The predicted molar refractivity (Wildman–Crippen MR) is 104 cm³/mol. The lowest BCUT2D eigenvalue weighted by molar-refractivity contribution is -0.174. The summed E-state index contributed by atoms with van der Waals surface area (Å²) in [5, 5.41) is 0. The van der Waals surface area contributed by atoms with Gasteiger partial charge in [0.1, 0.15) is 11.7 Å². The molecule has 0 aliphatic carbocycles. The number of para-hydroxylation sites is 1. The lowest BCUT2D eigenvalue weighted by Crippen LogP contribution is -2.64. The first-order valence-corrected chi connectivity index (χ1v) is 10.0. The average Bonchev–Trinajstić information content (AvgIpc) is 2.65. The molecule has 27 heavy (non-hydrogen) atoms. The molecule has 3 atom stereocenters. The predicted octanol–water partition coefficient (Wildman–Crippen LogP) is 3.00. The van der Waals surface area contributed by atoms with Gasteiger partial charge in [-0.15, -0.1) is 11.8 Å². The molecule has 140 valence electrons. The van der Waals surface area contributed by atoms with Crippen molar-refractivity contribution in [3.8, 4) is 5.75 Å². The van der Waals surface area contributed by atoms with E-state index in [2.05, 4.69) is 0 Å². The van der Waals surface area contributed by atoms with E-state index >= 15 is 0 Å². The van der Waals surface area contributed by atoms with Crippen LogP contribution in [-0.2, 0) is 9.59 Å². The third-order valence-electron chi connectivity index (χ3n) is 5.39. The first kappa shape index (κ1) is 17.9. The molecule has 3 unspecified atom stereocenters. The molecule has 0 radical (unpaired) electrons. The molecule has 4 rings (SSSR count). The van der Waals surface area contributed by atoms with Crippen molar-refractivity contribution in [2.75, 3.05) is 12.3 Å². The van der Waals surface area contributed by atoms with Gasteiger partial charge < -0.3 is 15.4 Å². The third-order valence-corrected chi connectivity index (χ3v) is 6.38. The van der Waals surface area contributed by atoms with Gasteiger partial charge in [0, 0.05) is 29.5 Å². The number of carbonyl (C=O) groups excluding carboxylic acids is 2. The fourth-order valence-corrected chi connectivity index (χ4v) is 5.01. The van der Waals surface area contributed by atoms with E-state index in [0.717, 1.165) is 16.2 Å². The van der Waals surface area contributed by atoms with Crippen LogP contribution in [0.5, 0.6) is 5.75 Å². The third kappa shape index (κ3) is 3.18. The number of benzene rings is 2. The second-order valence-corrected chi connectivity index (χ2v) is 8.33. The van der Waals surface area contributed by atoms with E-state index in [4.69, 9.17) is 10.5 Å². The number of fused-ring (bicyclic) bond motifs is 4. The summed E-state index contributed by atoms with van der Waals surface area (Å²) in [6, 6.07) is 17.7. The van der Waals surface area contributed by atoms with Crippen LogP contribution in [0.1, 0.15) is 24.8 Å². The maximum Gasteiger partial charge on any atom is 0.238 e. The number of carbonyl (C=O) groups is 2. The van der Waals surface area contributed by atoms with Gasteiger partial charge in [0.05, 0.1) is 0 Å². The molecule has 2 aliphatic rings. The van der Waals surface area contributed by atoms with Crippen LogP contribution in [0.4, 0.5) is 0 Å².